The van der Waals surface area contributed by atoms with Gasteiger partial charge in [-0.05, 0) is 25.8 Å². The lowest BCUT2D eigenvalue weighted by atomic mass is 9.83. The number of ether oxygens (including phenoxy) is 1. The number of rotatable bonds is 7. The normalized spacial score (nSPS) is 19.8. The van der Waals surface area contributed by atoms with Crippen LogP contribution < -0.4 is 22.1 Å². The van der Waals surface area contributed by atoms with Crippen molar-refractivity contribution in [2.75, 3.05) is 11.1 Å². The Bertz CT molecular complexity index is 1300. The minimum Gasteiger partial charge on any atom is -0.417 e. The highest BCUT2D eigenvalue weighted by atomic mass is 19.3. The Labute approximate surface area is 201 Å². The van der Waals surface area contributed by atoms with Gasteiger partial charge in [-0.25, -0.2) is 23.7 Å². The Hall–Kier alpha value is -4.23. The molecule has 1 fully saturated rings. The van der Waals surface area contributed by atoms with Crippen LogP contribution in [0.3, 0.4) is 0 Å². The number of nitrogens with zero attached hydrogens (tertiary/aromatic N) is 3. The van der Waals surface area contributed by atoms with Crippen LogP contribution >= 0.6 is 0 Å². The minimum atomic E-state index is -3.29. The fourth-order valence-electron chi connectivity index (χ4n) is 3.53. The van der Waals surface area contributed by atoms with E-state index in [2.05, 4.69) is 30.3 Å². The Morgan fingerprint density at radius 2 is 2.08 bits per heavy atom. The maximum absolute atomic E-state index is 13.9. The number of fused-ring (bicyclic) bond motifs is 1. The molecule has 6 N–H and O–H groups in total. The molecule has 1 aliphatic heterocycles. The molecule has 0 radical (unpaired) electrons. The smallest absolute Gasteiger partial charge is 0.388 e. The summed E-state index contributed by atoms with van der Waals surface area (Å²) in [6.07, 6.45) is 2.48. The Kier molecular flexibility index (Phi) is 6.52. The lowest BCUT2D eigenvalue weighted by Gasteiger charge is -2.21. The summed E-state index contributed by atoms with van der Waals surface area (Å²) >= 11 is 0. The Morgan fingerprint density at radius 1 is 1.36 bits per heavy atom. The van der Waals surface area contributed by atoms with Crippen molar-refractivity contribution in [3.05, 3.63) is 52.9 Å². The number of anilines is 2. The molecular formula is C22H21F4N7O3. The van der Waals surface area contributed by atoms with E-state index in [-0.39, 0.29) is 40.3 Å². The van der Waals surface area contributed by atoms with E-state index in [4.69, 9.17) is 11.5 Å². The van der Waals surface area contributed by atoms with Crippen LogP contribution in [0.1, 0.15) is 36.7 Å². The second-order valence-electron chi connectivity index (χ2n) is 8.35. The first kappa shape index (κ1) is 24.9. The van der Waals surface area contributed by atoms with Gasteiger partial charge in [0.15, 0.2) is 11.2 Å². The molecule has 4 rings (SSSR count). The molecule has 2 aliphatic rings. The van der Waals surface area contributed by atoms with Gasteiger partial charge in [0.05, 0.1) is 17.8 Å². The van der Waals surface area contributed by atoms with E-state index in [1.165, 1.54) is 6.92 Å². The first-order valence-corrected chi connectivity index (χ1v) is 10.7. The molecule has 0 bridgehead atoms. The number of hydrogen-bond acceptors (Lipinski definition) is 8. The van der Waals surface area contributed by atoms with Crippen molar-refractivity contribution in [3.63, 3.8) is 0 Å². The van der Waals surface area contributed by atoms with Crippen LogP contribution in [-0.2, 0) is 26.3 Å². The van der Waals surface area contributed by atoms with E-state index in [1.54, 1.807) is 0 Å². The van der Waals surface area contributed by atoms with Crippen LogP contribution in [0, 0.1) is 11.6 Å². The summed E-state index contributed by atoms with van der Waals surface area (Å²) in [7, 11) is 0. The number of halogens is 4. The highest BCUT2D eigenvalue weighted by Gasteiger charge is 2.52. The molecule has 1 aromatic carbocycles. The van der Waals surface area contributed by atoms with Crippen molar-refractivity contribution in [1.82, 2.24) is 15.3 Å². The number of nitrogens with one attached hydrogen (secondary N) is 2. The zero-order valence-corrected chi connectivity index (χ0v) is 18.8. The highest BCUT2D eigenvalue weighted by molar-refractivity contribution is 6.20. The van der Waals surface area contributed by atoms with E-state index < -0.39 is 47.9 Å². The summed E-state index contributed by atoms with van der Waals surface area (Å²) in [6, 6.07) is 2.70. The highest BCUT2D eigenvalue weighted by Crippen LogP contribution is 2.40. The monoisotopic (exact) mass is 507 g/mol. The number of nitrogen functional groups attached to an aromatic ring is 1. The van der Waals surface area contributed by atoms with Gasteiger partial charge in [-0.2, -0.15) is 8.78 Å². The fourth-order valence-corrected chi connectivity index (χ4v) is 3.53. The number of nitrogens with two attached hydrogens (primary N) is 2. The van der Waals surface area contributed by atoms with Gasteiger partial charge in [0.25, 0.3) is 0 Å². The summed E-state index contributed by atoms with van der Waals surface area (Å²) in [5.74, 6) is -4.20. The lowest BCUT2D eigenvalue weighted by Crippen LogP contribution is -2.48. The number of aliphatic imine (C=N–C) groups is 1. The fraction of sp³-hybridized carbons (Fsp3) is 0.318. The second kappa shape index (κ2) is 9.43. The lowest BCUT2D eigenvalue weighted by molar-refractivity contribution is -0.133. The molecule has 0 spiro atoms. The van der Waals surface area contributed by atoms with Crippen LogP contribution in [0.4, 0.5) is 29.2 Å². The number of alkyl halides is 2. The first-order valence-electron chi connectivity index (χ1n) is 10.7. The third-order valence-electron chi connectivity index (χ3n) is 5.66. The molecule has 2 amide bonds. The standard InChI is InChI=1S/C22H21F4N7O3/c1-22(19(34)30-11-4-5-11)15-16(28)31-17(32-18(15)33-20(22)35)13(27)7-14(36-21(25)26)29-8-9-2-3-10(23)6-12(9)24/h2-3,6-7,11,21H,4-5,8,27H2,1H3,(H,30,34)(H3,28,31,32,33,35). The summed E-state index contributed by atoms with van der Waals surface area (Å²) in [4.78, 5) is 37.4. The first-order chi connectivity index (χ1) is 17.0. The van der Waals surface area contributed by atoms with Gasteiger partial charge in [0, 0.05) is 23.7 Å². The predicted molar refractivity (Wildman–Crippen MR) is 120 cm³/mol. The van der Waals surface area contributed by atoms with Crippen molar-refractivity contribution in [1.29, 1.82) is 0 Å². The number of benzene rings is 1. The van der Waals surface area contributed by atoms with Gasteiger partial charge in [-0.3, -0.25) is 9.59 Å². The molecule has 10 nitrogen and oxygen atoms in total. The van der Waals surface area contributed by atoms with Gasteiger partial charge < -0.3 is 26.8 Å². The number of amides is 2. The molecule has 14 heteroatoms. The van der Waals surface area contributed by atoms with Crippen LogP contribution in [0.2, 0.25) is 0 Å². The molecule has 2 aromatic rings. The zero-order chi connectivity index (χ0) is 26.2. The van der Waals surface area contributed by atoms with Crippen molar-refractivity contribution in [2.45, 2.75) is 44.4 Å². The third-order valence-corrected chi connectivity index (χ3v) is 5.66. The summed E-state index contributed by atoms with van der Waals surface area (Å²) < 4.78 is 57.1. The van der Waals surface area contributed by atoms with E-state index in [0.717, 1.165) is 31.1 Å². The predicted octanol–water partition coefficient (Wildman–Crippen LogP) is 1.96. The molecule has 1 aromatic heterocycles. The molecule has 0 saturated heterocycles. The SMILES string of the molecule is CC1(C(=O)NC2CC2)C(=O)Nc2nc(C(N)=CC(=NCc3ccc(F)cc3F)OC(F)F)nc(N)c21. The summed E-state index contributed by atoms with van der Waals surface area (Å²) in [5.41, 5.74) is 9.98. The van der Waals surface area contributed by atoms with E-state index in [9.17, 15) is 27.2 Å². The quantitative estimate of drug-likeness (QED) is 0.193. The number of carbonyl (C=O) groups excluding carboxylic acids is 2. The summed E-state index contributed by atoms with van der Waals surface area (Å²) in [6.45, 7) is -2.36. The van der Waals surface area contributed by atoms with Gasteiger partial charge in [0.2, 0.25) is 17.7 Å². The molecule has 36 heavy (non-hydrogen) atoms. The molecule has 190 valence electrons. The second-order valence-corrected chi connectivity index (χ2v) is 8.35. The van der Waals surface area contributed by atoms with Gasteiger partial charge >= 0.3 is 6.61 Å². The van der Waals surface area contributed by atoms with Crippen molar-refractivity contribution in [3.8, 4) is 0 Å². The topological polar surface area (TPSA) is 158 Å². The van der Waals surface area contributed by atoms with Crippen LogP contribution in [0.15, 0.2) is 29.3 Å². The number of hydrogen-bond donors (Lipinski definition) is 4. The van der Waals surface area contributed by atoms with Crippen molar-refractivity contribution < 1.29 is 31.9 Å². The summed E-state index contributed by atoms with van der Waals surface area (Å²) in [5, 5.41) is 5.23. The minimum absolute atomic E-state index is 0.0119. The molecular weight excluding hydrogens is 486 g/mol. The van der Waals surface area contributed by atoms with Crippen LogP contribution in [0.5, 0.6) is 0 Å². The third kappa shape index (κ3) is 4.92. The van der Waals surface area contributed by atoms with E-state index in [1.807, 2.05) is 0 Å². The average molecular weight is 507 g/mol. The van der Waals surface area contributed by atoms with Gasteiger partial charge in [-0.1, -0.05) is 6.07 Å². The van der Waals surface area contributed by atoms with Crippen LogP contribution in [-0.4, -0.2) is 40.3 Å². The van der Waals surface area contributed by atoms with Crippen LogP contribution in [0.25, 0.3) is 5.70 Å². The Morgan fingerprint density at radius 3 is 2.72 bits per heavy atom. The zero-order valence-electron chi connectivity index (χ0n) is 18.8. The maximum atomic E-state index is 13.9. The van der Waals surface area contributed by atoms with E-state index >= 15 is 0 Å². The molecule has 1 atom stereocenters. The molecule has 1 unspecified atom stereocenters. The van der Waals surface area contributed by atoms with Crippen molar-refractivity contribution in [2.24, 2.45) is 10.7 Å². The molecule has 1 aliphatic carbocycles. The average Bonchev–Trinajstić information content (AvgIpc) is 3.56. The maximum Gasteiger partial charge on any atom is 0.388 e. The van der Waals surface area contributed by atoms with Gasteiger partial charge in [0.1, 0.15) is 23.3 Å². The van der Waals surface area contributed by atoms with E-state index in [0.29, 0.717) is 6.07 Å². The molecule has 1 saturated carbocycles. The number of carbonyl (C=O) groups is 2. The molecule has 2 heterocycles. The Balaban J connectivity index is 1.64. The van der Waals surface area contributed by atoms with Gasteiger partial charge in [-0.15, -0.1) is 0 Å². The van der Waals surface area contributed by atoms with Crippen molar-refractivity contribution >= 4 is 35.0 Å². The largest absolute Gasteiger partial charge is 0.417 e. The number of aromatic nitrogens is 2.